The van der Waals surface area contributed by atoms with Crippen LogP contribution in [-0.4, -0.2) is 48.3 Å². The van der Waals surface area contributed by atoms with E-state index in [1.54, 1.807) is 6.92 Å². The number of rotatable bonds is 5. The summed E-state index contributed by atoms with van der Waals surface area (Å²) in [5.41, 5.74) is 0. The summed E-state index contributed by atoms with van der Waals surface area (Å²) in [4.78, 5) is 35.9. The summed E-state index contributed by atoms with van der Waals surface area (Å²) < 4.78 is 0. The number of nitrogens with zero attached hydrogens (tertiary/aromatic N) is 1. The molecular weight excluding hydrogens is 234 g/mol. The second kappa shape index (κ2) is 6.49. The van der Waals surface area contributed by atoms with Gasteiger partial charge in [-0.2, -0.15) is 0 Å². The molecule has 18 heavy (non-hydrogen) atoms. The Morgan fingerprint density at radius 2 is 2.17 bits per heavy atom. The summed E-state index contributed by atoms with van der Waals surface area (Å²) >= 11 is 0. The summed E-state index contributed by atoms with van der Waals surface area (Å²) in [7, 11) is 0. The number of hydrogen-bond donors (Lipinski definition) is 2. The number of amides is 3. The van der Waals surface area contributed by atoms with Crippen LogP contribution in [-0.2, 0) is 14.4 Å². The van der Waals surface area contributed by atoms with E-state index in [1.165, 1.54) is 0 Å². The van der Waals surface area contributed by atoms with Gasteiger partial charge < -0.3 is 5.32 Å². The zero-order valence-corrected chi connectivity index (χ0v) is 11.2. The minimum atomic E-state index is -0.411. The molecule has 0 bridgehead atoms. The number of carbonyl (C=O) groups is 3. The van der Waals surface area contributed by atoms with Crippen molar-refractivity contribution in [2.75, 3.05) is 19.6 Å². The molecule has 0 aromatic rings. The highest BCUT2D eigenvalue weighted by atomic mass is 16.2. The molecule has 1 aliphatic heterocycles. The van der Waals surface area contributed by atoms with Crippen molar-refractivity contribution < 1.29 is 14.4 Å². The second-order valence-electron chi connectivity index (χ2n) is 4.95. The first-order chi connectivity index (χ1) is 8.41. The lowest BCUT2D eigenvalue weighted by molar-refractivity contribution is -0.151. The van der Waals surface area contributed by atoms with Gasteiger partial charge in [-0.05, 0) is 19.3 Å². The van der Waals surface area contributed by atoms with Crippen molar-refractivity contribution in [1.29, 1.82) is 0 Å². The van der Waals surface area contributed by atoms with Crippen molar-refractivity contribution in [3.8, 4) is 0 Å². The van der Waals surface area contributed by atoms with E-state index in [4.69, 9.17) is 0 Å². The van der Waals surface area contributed by atoms with Gasteiger partial charge in [-0.25, -0.2) is 0 Å². The van der Waals surface area contributed by atoms with Gasteiger partial charge in [-0.3, -0.25) is 24.6 Å². The van der Waals surface area contributed by atoms with Crippen LogP contribution in [0.4, 0.5) is 0 Å². The first-order valence-electron chi connectivity index (χ1n) is 6.26. The van der Waals surface area contributed by atoms with Crippen LogP contribution in [0.3, 0.4) is 0 Å². The predicted octanol–water partition coefficient (Wildman–Crippen LogP) is -0.504. The van der Waals surface area contributed by atoms with E-state index in [0.29, 0.717) is 12.5 Å². The Labute approximate surface area is 107 Å². The minimum absolute atomic E-state index is 0.103. The topological polar surface area (TPSA) is 78.5 Å². The van der Waals surface area contributed by atoms with E-state index in [9.17, 15) is 14.4 Å². The molecule has 1 rings (SSSR count). The fraction of sp³-hybridized carbons (Fsp3) is 0.750. The molecule has 6 nitrogen and oxygen atoms in total. The van der Waals surface area contributed by atoms with Crippen LogP contribution in [0.25, 0.3) is 0 Å². The zero-order valence-electron chi connectivity index (χ0n) is 11.2. The Bertz CT molecular complexity index is 341. The molecule has 1 aliphatic rings. The lowest BCUT2D eigenvalue weighted by Crippen LogP contribution is -2.58. The Hall–Kier alpha value is -1.43. The molecule has 2 N–H and O–H groups in total. The fourth-order valence-corrected chi connectivity index (χ4v) is 1.65. The van der Waals surface area contributed by atoms with Crippen molar-refractivity contribution >= 4 is 17.7 Å². The molecule has 0 saturated carbocycles. The van der Waals surface area contributed by atoms with Gasteiger partial charge in [0.25, 0.3) is 0 Å². The highest BCUT2D eigenvalue weighted by Crippen LogP contribution is 2.02. The molecule has 1 saturated heterocycles. The molecule has 3 amide bonds. The maximum absolute atomic E-state index is 11.7. The van der Waals surface area contributed by atoms with Gasteiger partial charge in [-0.15, -0.1) is 0 Å². The maximum Gasteiger partial charge on any atom is 0.246 e. The number of imide groups is 1. The van der Waals surface area contributed by atoms with Crippen LogP contribution in [0.5, 0.6) is 0 Å². The second-order valence-corrected chi connectivity index (χ2v) is 4.95. The Morgan fingerprint density at radius 3 is 2.78 bits per heavy atom. The first kappa shape index (κ1) is 14.6. The molecular formula is C12H21N3O3. The fourth-order valence-electron chi connectivity index (χ4n) is 1.65. The van der Waals surface area contributed by atoms with Gasteiger partial charge in [0.15, 0.2) is 0 Å². The Kier molecular flexibility index (Phi) is 5.27. The molecule has 0 spiro atoms. The monoisotopic (exact) mass is 255 g/mol. The summed E-state index contributed by atoms with van der Waals surface area (Å²) in [6.45, 7) is 6.31. The summed E-state index contributed by atoms with van der Waals surface area (Å²) in [6, 6.07) is -0.411. The quantitative estimate of drug-likeness (QED) is 0.649. The summed E-state index contributed by atoms with van der Waals surface area (Å²) in [5, 5.41) is 5.48. The van der Waals surface area contributed by atoms with E-state index in [2.05, 4.69) is 24.5 Å². The van der Waals surface area contributed by atoms with Gasteiger partial charge >= 0.3 is 0 Å². The number of hydrogen-bond acceptors (Lipinski definition) is 4. The Morgan fingerprint density at radius 1 is 1.50 bits per heavy atom. The van der Waals surface area contributed by atoms with Crippen LogP contribution < -0.4 is 10.6 Å². The summed E-state index contributed by atoms with van der Waals surface area (Å²) in [5.74, 6) is -0.471. The predicted molar refractivity (Wildman–Crippen MR) is 66.6 cm³/mol. The van der Waals surface area contributed by atoms with Crippen molar-refractivity contribution in [3.63, 3.8) is 0 Å². The lowest BCUT2D eigenvalue weighted by atomic mass is 10.1. The van der Waals surface area contributed by atoms with Crippen LogP contribution in [0, 0.1) is 5.92 Å². The molecule has 102 valence electrons. The van der Waals surface area contributed by atoms with Crippen molar-refractivity contribution in [2.24, 2.45) is 5.92 Å². The standard InChI is InChI=1S/C12H21N3O3/c1-8(2)4-5-13-10(16)7-15-11(17)6-14-9(3)12(15)18/h8-9,14H,4-7H2,1-3H3,(H,13,16). The molecule has 1 atom stereocenters. The minimum Gasteiger partial charge on any atom is -0.355 e. The van der Waals surface area contributed by atoms with E-state index < -0.39 is 6.04 Å². The van der Waals surface area contributed by atoms with E-state index >= 15 is 0 Å². The van der Waals surface area contributed by atoms with E-state index in [0.717, 1.165) is 11.3 Å². The van der Waals surface area contributed by atoms with Crippen LogP contribution in [0.1, 0.15) is 27.2 Å². The molecule has 1 heterocycles. The molecule has 0 radical (unpaired) electrons. The average molecular weight is 255 g/mol. The van der Waals surface area contributed by atoms with Gasteiger partial charge in [-0.1, -0.05) is 13.8 Å². The number of carbonyl (C=O) groups excluding carboxylic acids is 3. The zero-order chi connectivity index (χ0) is 13.7. The molecule has 1 unspecified atom stereocenters. The first-order valence-corrected chi connectivity index (χ1v) is 6.26. The molecule has 1 fully saturated rings. The summed E-state index contributed by atoms with van der Waals surface area (Å²) in [6.07, 6.45) is 0.881. The van der Waals surface area contributed by atoms with Crippen molar-refractivity contribution in [1.82, 2.24) is 15.5 Å². The van der Waals surface area contributed by atoms with Crippen molar-refractivity contribution in [3.05, 3.63) is 0 Å². The molecule has 0 aromatic heterocycles. The normalized spacial score (nSPS) is 20.4. The van der Waals surface area contributed by atoms with Gasteiger partial charge in [0.2, 0.25) is 17.7 Å². The lowest BCUT2D eigenvalue weighted by Gasteiger charge is -2.29. The van der Waals surface area contributed by atoms with Gasteiger partial charge in [0.05, 0.1) is 12.6 Å². The average Bonchev–Trinajstić information content (AvgIpc) is 2.29. The third kappa shape index (κ3) is 4.10. The third-order valence-electron chi connectivity index (χ3n) is 2.84. The third-order valence-corrected chi connectivity index (χ3v) is 2.84. The van der Waals surface area contributed by atoms with E-state index in [1.807, 2.05) is 0 Å². The number of piperazine rings is 1. The van der Waals surface area contributed by atoms with Gasteiger partial charge in [0, 0.05) is 6.54 Å². The smallest absolute Gasteiger partial charge is 0.246 e. The maximum atomic E-state index is 11.7. The SMILES string of the molecule is CC(C)CCNC(=O)CN1C(=O)CNC(C)C1=O. The number of nitrogens with one attached hydrogen (secondary N) is 2. The van der Waals surface area contributed by atoms with Crippen molar-refractivity contribution in [2.45, 2.75) is 33.2 Å². The largest absolute Gasteiger partial charge is 0.355 e. The van der Waals surface area contributed by atoms with Gasteiger partial charge in [0.1, 0.15) is 6.54 Å². The molecule has 0 aliphatic carbocycles. The molecule has 6 heteroatoms. The molecule has 0 aromatic carbocycles. The van der Waals surface area contributed by atoms with Crippen LogP contribution in [0.2, 0.25) is 0 Å². The highest BCUT2D eigenvalue weighted by Gasteiger charge is 2.32. The van der Waals surface area contributed by atoms with Crippen LogP contribution in [0.15, 0.2) is 0 Å². The van der Waals surface area contributed by atoms with E-state index in [-0.39, 0.29) is 30.8 Å². The van der Waals surface area contributed by atoms with Crippen LogP contribution >= 0.6 is 0 Å². The Balaban J connectivity index is 2.42. The highest BCUT2D eigenvalue weighted by molar-refractivity contribution is 6.03.